The highest BCUT2D eigenvalue weighted by atomic mass is 79.9. The lowest BCUT2D eigenvalue weighted by molar-refractivity contribution is -0.127. The largest absolute Gasteiger partial charge is 0.326 e. The number of hydrogen-bond acceptors (Lipinski definition) is 5. The van der Waals surface area contributed by atoms with Crippen molar-refractivity contribution in [3.63, 3.8) is 0 Å². The fourth-order valence-electron chi connectivity index (χ4n) is 2.79. The molecule has 0 aliphatic carbocycles. The normalized spacial score (nSPS) is 17.7. The fourth-order valence-corrected chi connectivity index (χ4v) is 5.42. The fraction of sp³-hybridized carbons (Fsp3) is 0.190. The van der Waals surface area contributed by atoms with Gasteiger partial charge in [0.2, 0.25) is 11.8 Å². The third-order valence-electron chi connectivity index (χ3n) is 4.35. The summed E-state index contributed by atoms with van der Waals surface area (Å²) in [5, 5.41) is 2.01. The van der Waals surface area contributed by atoms with Gasteiger partial charge in [-0.05, 0) is 43.3 Å². The molecule has 31 heavy (non-hydrogen) atoms. The van der Waals surface area contributed by atoms with Crippen LogP contribution in [-0.2, 0) is 19.6 Å². The number of amides is 2. The number of benzene rings is 2. The summed E-state index contributed by atoms with van der Waals surface area (Å²) in [6.07, 6.45) is 1.37. The van der Waals surface area contributed by atoms with Gasteiger partial charge in [0.25, 0.3) is 10.0 Å². The van der Waals surface area contributed by atoms with Gasteiger partial charge in [-0.15, -0.1) is 11.0 Å². The number of amidine groups is 1. The van der Waals surface area contributed by atoms with E-state index in [0.29, 0.717) is 5.69 Å². The van der Waals surface area contributed by atoms with Crippen LogP contribution in [0.4, 0.5) is 5.69 Å². The zero-order valence-corrected chi connectivity index (χ0v) is 19.8. The van der Waals surface area contributed by atoms with Gasteiger partial charge in [-0.2, -0.15) is 8.42 Å². The first kappa shape index (κ1) is 23.2. The molecule has 1 aliphatic heterocycles. The highest BCUT2D eigenvalue weighted by Crippen LogP contribution is 2.31. The second-order valence-corrected chi connectivity index (χ2v) is 10.5. The van der Waals surface area contributed by atoms with Crippen molar-refractivity contribution in [1.82, 2.24) is 4.90 Å². The number of thioether (sulfide) groups is 1. The molecule has 1 N–H and O–H groups in total. The van der Waals surface area contributed by atoms with Crippen LogP contribution in [0.5, 0.6) is 0 Å². The Hall–Kier alpha value is -2.43. The molecule has 1 atom stereocenters. The molecule has 7 nitrogen and oxygen atoms in total. The van der Waals surface area contributed by atoms with Gasteiger partial charge >= 0.3 is 0 Å². The monoisotopic (exact) mass is 521 g/mol. The average Bonchev–Trinajstić information content (AvgIpc) is 2.98. The van der Waals surface area contributed by atoms with E-state index < -0.39 is 15.3 Å². The second-order valence-electron chi connectivity index (χ2n) is 6.77. The number of hydrogen-bond donors (Lipinski definition) is 1. The summed E-state index contributed by atoms with van der Waals surface area (Å²) in [5.41, 5.74) is 1.69. The van der Waals surface area contributed by atoms with Crippen molar-refractivity contribution in [2.24, 2.45) is 4.40 Å². The van der Waals surface area contributed by atoms with Crippen molar-refractivity contribution in [2.45, 2.75) is 23.5 Å². The molecule has 1 fully saturated rings. The minimum Gasteiger partial charge on any atom is -0.326 e. The summed E-state index contributed by atoms with van der Waals surface area (Å²) in [6.45, 7) is 5.65. The Morgan fingerprint density at radius 2 is 1.87 bits per heavy atom. The van der Waals surface area contributed by atoms with Crippen molar-refractivity contribution < 1.29 is 18.0 Å². The first-order valence-corrected chi connectivity index (χ1v) is 12.4. The van der Waals surface area contributed by atoms with Gasteiger partial charge in [0.1, 0.15) is 5.25 Å². The van der Waals surface area contributed by atoms with Crippen LogP contribution in [0.2, 0.25) is 0 Å². The standard InChI is InChI=1S/C21H20BrN3O4S2/c1-3-12-25-20(27)18(13-19(26)23-16-8-4-14(2)5-9-16)30-21(25)24-31(28,29)17-10-6-15(22)7-11-17/h3-11,18H,1,12-13H2,2H3,(H,23,26). The molecule has 1 heterocycles. The first-order chi connectivity index (χ1) is 14.7. The lowest BCUT2D eigenvalue weighted by Gasteiger charge is -2.13. The Balaban J connectivity index is 1.78. The van der Waals surface area contributed by atoms with E-state index in [1.54, 1.807) is 24.3 Å². The number of halogens is 1. The molecule has 1 aliphatic rings. The van der Waals surface area contributed by atoms with Gasteiger partial charge in [-0.3, -0.25) is 14.5 Å². The van der Waals surface area contributed by atoms with Crippen LogP contribution in [0.1, 0.15) is 12.0 Å². The molecule has 2 amide bonds. The predicted molar refractivity (Wildman–Crippen MR) is 126 cm³/mol. The Bertz CT molecular complexity index is 1130. The molecule has 1 unspecified atom stereocenters. The van der Waals surface area contributed by atoms with E-state index in [1.165, 1.54) is 23.1 Å². The zero-order valence-electron chi connectivity index (χ0n) is 16.6. The SMILES string of the molecule is C=CCN1C(=O)C(CC(=O)Nc2ccc(C)cc2)SC1=NS(=O)(=O)c1ccc(Br)cc1. The lowest BCUT2D eigenvalue weighted by Crippen LogP contribution is -2.33. The van der Waals surface area contributed by atoms with Gasteiger partial charge in [0.15, 0.2) is 5.17 Å². The smallest absolute Gasteiger partial charge is 0.284 e. The summed E-state index contributed by atoms with van der Waals surface area (Å²) in [7, 11) is -4.02. The van der Waals surface area contributed by atoms with Crippen LogP contribution in [0, 0.1) is 6.92 Å². The summed E-state index contributed by atoms with van der Waals surface area (Å²) in [4.78, 5) is 26.5. The maximum atomic E-state index is 12.8. The predicted octanol–water partition coefficient (Wildman–Crippen LogP) is 3.96. The maximum absolute atomic E-state index is 12.8. The summed E-state index contributed by atoms with van der Waals surface area (Å²) in [6, 6.07) is 13.3. The van der Waals surface area contributed by atoms with Gasteiger partial charge in [-0.25, -0.2) is 0 Å². The third-order valence-corrected chi connectivity index (χ3v) is 7.45. The number of carbonyl (C=O) groups is 2. The summed E-state index contributed by atoms with van der Waals surface area (Å²) < 4.78 is 30.0. The van der Waals surface area contributed by atoms with E-state index in [4.69, 9.17) is 0 Å². The van der Waals surface area contributed by atoms with Gasteiger partial charge < -0.3 is 5.32 Å². The van der Waals surface area contributed by atoms with Crippen molar-refractivity contribution >= 4 is 60.4 Å². The molecular weight excluding hydrogens is 502 g/mol. The molecule has 0 bridgehead atoms. The van der Waals surface area contributed by atoms with Crippen LogP contribution >= 0.6 is 27.7 Å². The van der Waals surface area contributed by atoms with E-state index in [1.807, 2.05) is 19.1 Å². The Morgan fingerprint density at radius 3 is 2.48 bits per heavy atom. The van der Waals surface area contributed by atoms with Crippen molar-refractivity contribution in [1.29, 1.82) is 0 Å². The number of nitrogens with one attached hydrogen (secondary N) is 1. The Labute approximate surface area is 193 Å². The van der Waals surface area contributed by atoms with E-state index in [9.17, 15) is 18.0 Å². The van der Waals surface area contributed by atoms with Gasteiger partial charge in [0.05, 0.1) is 4.90 Å². The molecule has 1 saturated heterocycles. The van der Waals surface area contributed by atoms with Gasteiger partial charge in [-0.1, -0.05) is 51.5 Å². The Morgan fingerprint density at radius 1 is 1.23 bits per heavy atom. The molecule has 2 aromatic rings. The molecule has 3 rings (SSSR count). The van der Waals surface area contributed by atoms with Crippen LogP contribution in [-0.4, -0.2) is 42.1 Å². The minimum absolute atomic E-state index is 0.00960. The average molecular weight is 522 g/mol. The van der Waals surface area contributed by atoms with E-state index in [-0.39, 0.29) is 34.8 Å². The van der Waals surface area contributed by atoms with Gasteiger partial charge in [0, 0.05) is 23.1 Å². The lowest BCUT2D eigenvalue weighted by atomic mass is 10.2. The molecule has 0 radical (unpaired) electrons. The highest BCUT2D eigenvalue weighted by molar-refractivity contribution is 9.10. The maximum Gasteiger partial charge on any atom is 0.284 e. The van der Waals surface area contributed by atoms with E-state index >= 15 is 0 Å². The van der Waals surface area contributed by atoms with E-state index in [0.717, 1.165) is 21.8 Å². The van der Waals surface area contributed by atoms with Crippen LogP contribution in [0.15, 0.2) is 75.0 Å². The van der Waals surface area contributed by atoms with Crippen molar-refractivity contribution in [3.8, 4) is 0 Å². The molecular formula is C21H20BrN3O4S2. The number of carbonyl (C=O) groups excluding carboxylic acids is 2. The number of sulfonamides is 1. The molecule has 0 saturated carbocycles. The van der Waals surface area contributed by atoms with Crippen LogP contribution in [0.25, 0.3) is 0 Å². The molecule has 162 valence electrons. The van der Waals surface area contributed by atoms with Crippen molar-refractivity contribution in [2.75, 3.05) is 11.9 Å². The molecule has 0 spiro atoms. The molecule has 2 aromatic carbocycles. The number of nitrogens with zero attached hydrogens (tertiary/aromatic N) is 2. The summed E-state index contributed by atoms with van der Waals surface area (Å²) in [5.74, 6) is -0.723. The Kier molecular flexibility index (Phi) is 7.34. The minimum atomic E-state index is -4.02. The molecule has 10 heteroatoms. The molecule has 0 aromatic heterocycles. The van der Waals surface area contributed by atoms with Crippen LogP contribution < -0.4 is 5.32 Å². The third kappa shape index (κ3) is 5.84. The number of anilines is 1. The topological polar surface area (TPSA) is 95.9 Å². The summed E-state index contributed by atoms with van der Waals surface area (Å²) >= 11 is 4.22. The first-order valence-electron chi connectivity index (χ1n) is 9.25. The highest BCUT2D eigenvalue weighted by Gasteiger charge is 2.39. The van der Waals surface area contributed by atoms with E-state index in [2.05, 4.69) is 32.2 Å². The number of rotatable bonds is 7. The number of aryl methyl sites for hydroxylation is 1. The quantitative estimate of drug-likeness (QED) is 0.556. The second kappa shape index (κ2) is 9.80. The van der Waals surface area contributed by atoms with Crippen LogP contribution in [0.3, 0.4) is 0 Å². The van der Waals surface area contributed by atoms with Crippen molar-refractivity contribution in [3.05, 3.63) is 71.2 Å². The zero-order chi connectivity index (χ0) is 22.6.